The highest BCUT2D eigenvalue weighted by Crippen LogP contribution is 2.16. The molecule has 1 aliphatic carbocycles. The predicted octanol–water partition coefficient (Wildman–Crippen LogP) is 3.29. The summed E-state index contributed by atoms with van der Waals surface area (Å²) in [5, 5.41) is 0. The molecule has 1 aromatic carbocycles. The lowest BCUT2D eigenvalue weighted by molar-refractivity contribution is 0.979. The molecule has 2 heteroatoms. The second-order valence-electron chi connectivity index (χ2n) is 3.47. The van der Waals surface area contributed by atoms with Gasteiger partial charge in [-0.1, -0.05) is 52.4 Å². The van der Waals surface area contributed by atoms with Crippen molar-refractivity contribution in [3.63, 3.8) is 0 Å². The summed E-state index contributed by atoms with van der Waals surface area (Å²) in [6.07, 6.45) is 10.1. The molecule has 0 bridgehead atoms. The Labute approximate surface area is 98.1 Å². The Balaban J connectivity index is 2.26. The van der Waals surface area contributed by atoms with Gasteiger partial charge in [-0.3, -0.25) is 0 Å². The van der Waals surface area contributed by atoms with Crippen molar-refractivity contribution in [3.05, 3.63) is 64.2 Å². The summed E-state index contributed by atoms with van der Waals surface area (Å²) in [7, 11) is 0. The van der Waals surface area contributed by atoms with Crippen molar-refractivity contribution in [2.24, 2.45) is 5.73 Å². The molecule has 15 heavy (non-hydrogen) atoms. The topological polar surface area (TPSA) is 26.0 Å². The van der Waals surface area contributed by atoms with E-state index in [1.807, 2.05) is 36.4 Å². The molecule has 2 rings (SSSR count). The summed E-state index contributed by atoms with van der Waals surface area (Å²) in [5.41, 5.74) is 8.25. The first kappa shape index (κ1) is 10.4. The first-order valence-electron chi connectivity index (χ1n) is 4.83. The molecule has 1 atom stereocenters. The van der Waals surface area contributed by atoms with Crippen molar-refractivity contribution in [2.45, 2.75) is 6.04 Å². The summed E-state index contributed by atoms with van der Waals surface area (Å²) in [5.74, 6) is 0. The maximum Gasteiger partial charge on any atom is 0.0484 e. The van der Waals surface area contributed by atoms with E-state index in [2.05, 4.69) is 34.1 Å². The highest BCUT2D eigenvalue weighted by Gasteiger charge is 2.04. The molecule has 1 aromatic rings. The summed E-state index contributed by atoms with van der Waals surface area (Å²) in [4.78, 5) is 0. The molecule has 0 aromatic heterocycles. The standard InChI is InChI=1S/C13H12BrN/c14-12-7-5-10(6-8-12)9-11-3-1-2-4-13(11)15/h1-9,13H,15H2. The van der Waals surface area contributed by atoms with Gasteiger partial charge in [-0.05, 0) is 29.3 Å². The van der Waals surface area contributed by atoms with Gasteiger partial charge >= 0.3 is 0 Å². The molecule has 1 unspecified atom stereocenters. The first-order chi connectivity index (χ1) is 7.25. The number of nitrogens with two attached hydrogens (primary N) is 1. The molecule has 0 radical (unpaired) electrons. The maximum atomic E-state index is 5.94. The third kappa shape index (κ3) is 2.67. The number of hydrogen-bond donors (Lipinski definition) is 1. The van der Waals surface area contributed by atoms with Crippen LogP contribution in [0.2, 0.25) is 0 Å². The van der Waals surface area contributed by atoms with Crippen LogP contribution in [0.15, 0.2) is 58.6 Å². The van der Waals surface area contributed by atoms with Crippen molar-refractivity contribution in [2.75, 3.05) is 0 Å². The number of hydrogen-bond acceptors (Lipinski definition) is 1. The van der Waals surface area contributed by atoms with Crippen LogP contribution in [0.25, 0.3) is 6.08 Å². The monoisotopic (exact) mass is 261 g/mol. The molecule has 0 aliphatic heterocycles. The van der Waals surface area contributed by atoms with Gasteiger partial charge in [-0.2, -0.15) is 0 Å². The molecule has 1 aliphatic rings. The van der Waals surface area contributed by atoms with Gasteiger partial charge in [0.05, 0.1) is 0 Å². The van der Waals surface area contributed by atoms with Gasteiger partial charge < -0.3 is 5.73 Å². The van der Waals surface area contributed by atoms with Gasteiger partial charge in [-0.25, -0.2) is 0 Å². The summed E-state index contributed by atoms with van der Waals surface area (Å²) < 4.78 is 1.09. The smallest absolute Gasteiger partial charge is 0.0484 e. The average Bonchev–Trinajstić information content (AvgIpc) is 2.25. The van der Waals surface area contributed by atoms with Gasteiger partial charge in [0.25, 0.3) is 0 Å². The Morgan fingerprint density at radius 2 is 1.87 bits per heavy atom. The van der Waals surface area contributed by atoms with Gasteiger partial charge in [0.1, 0.15) is 0 Å². The lowest BCUT2D eigenvalue weighted by Crippen LogP contribution is -2.19. The average molecular weight is 262 g/mol. The van der Waals surface area contributed by atoms with Crippen molar-refractivity contribution in [1.29, 1.82) is 0 Å². The molecule has 0 heterocycles. The van der Waals surface area contributed by atoms with Crippen molar-refractivity contribution in [3.8, 4) is 0 Å². The first-order valence-corrected chi connectivity index (χ1v) is 5.62. The van der Waals surface area contributed by atoms with E-state index in [-0.39, 0.29) is 6.04 Å². The summed E-state index contributed by atoms with van der Waals surface area (Å²) in [6.45, 7) is 0. The quantitative estimate of drug-likeness (QED) is 0.825. The minimum absolute atomic E-state index is 0.0126. The molecule has 0 fully saturated rings. The summed E-state index contributed by atoms with van der Waals surface area (Å²) >= 11 is 3.41. The van der Waals surface area contributed by atoms with E-state index in [0.29, 0.717) is 0 Å². The van der Waals surface area contributed by atoms with Crippen molar-refractivity contribution >= 4 is 22.0 Å². The third-order valence-electron chi connectivity index (χ3n) is 2.31. The molecule has 0 saturated carbocycles. The predicted molar refractivity (Wildman–Crippen MR) is 68.4 cm³/mol. The number of benzene rings is 1. The highest BCUT2D eigenvalue weighted by atomic mass is 79.9. The molecule has 2 N–H and O–H groups in total. The zero-order valence-corrected chi connectivity index (χ0v) is 9.81. The van der Waals surface area contributed by atoms with Crippen LogP contribution in [0.1, 0.15) is 5.56 Å². The lowest BCUT2D eigenvalue weighted by Gasteiger charge is -2.11. The fourth-order valence-corrected chi connectivity index (χ4v) is 1.73. The number of rotatable bonds is 1. The number of allylic oxidation sites excluding steroid dienone is 2. The fourth-order valence-electron chi connectivity index (χ4n) is 1.47. The van der Waals surface area contributed by atoms with E-state index in [0.717, 1.165) is 10.0 Å². The van der Waals surface area contributed by atoms with Crippen molar-refractivity contribution in [1.82, 2.24) is 0 Å². The fraction of sp³-hybridized carbons (Fsp3) is 0.0769. The van der Waals surface area contributed by atoms with Crippen LogP contribution in [0.3, 0.4) is 0 Å². The Morgan fingerprint density at radius 1 is 1.13 bits per heavy atom. The minimum Gasteiger partial charge on any atom is -0.321 e. The van der Waals surface area contributed by atoms with E-state index in [1.54, 1.807) is 0 Å². The number of halogens is 1. The van der Waals surface area contributed by atoms with E-state index < -0.39 is 0 Å². The SMILES string of the molecule is NC1C=CC=CC1=Cc1ccc(Br)cc1. The largest absolute Gasteiger partial charge is 0.321 e. The normalized spacial score (nSPS) is 22.3. The molecule has 0 amide bonds. The molecule has 1 nitrogen and oxygen atoms in total. The van der Waals surface area contributed by atoms with Crippen LogP contribution in [0.5, 0.6) is 0 Å². The van der Waals surface area contributed by atoms with Crippen molar-refractivity contribution < 1.29 is 0 Å². The second-order valence-corrected chi connectivity index (χ2v) is 4.38. The van der Waals surface area contributed by atoms with Gasteiger partial charge in [-0.15, -0.1) is 0 Å². The lowest BCUT2D eigenvalue weighted by atomic mass is 10.0. The Kier molecular flexibility index (Phi) is 3.19. The minimum atomic E-state index is 0.0126. The Morgan fingerprint density at radius 3 is 2.53 bits per heavy atom. The summed E-state index contributed by atoms with van der Waals surface area (Å²) in [6, 6.07) is 8.20. The van der Waals surface area contributed by atoms with E-state index in [9.17, 15) is 0 Å². The van der Waals surface area contributed by atoms with Gasteiger partial charge in [0.15, 0.2) is 0 Å². The highest BCUT2D eigenvalue weighted by molar-refractivity contribution is 9.10. The van der Waals surface area contributed by atoms with Crippen LogP contribution in [-0.4, -0.2) is 6.04 Å². The van der Waals surface area contributed by atoms with E-state index in [1.165, 1.54) is 5.56 Å². The zero-order valence-electron chi connectivity index (χ0n) is 8.23. The molecule has 0 spiro atoms. The van der Waals surface area contributed by atoms with Crippen LogP contribution < -0.4 is 5.73 Å². The molecule has 76 valence electrons. The molecular formula is C13H12BrN. The van der Waals surface area contributed by atoms with Gasteiger partial charge in [0, 0.05) is 10.5 Å². The zero-order chi connectivity index (χ0) is 10.7. The van der Waals surface area contributed by atoms with E-state index >= 15 is 0 Å². The van der Waals surface area contributed by atoms with Crippen LogP contribution in [-0.2, 0) is 0 Å². The maximum absolute atomic E-state index is 5.94. The van der Waals surface area contributed by atoms with E-state index in [4.69, 9.17) is 5.73 Å². The van der Waals surface area contributed by atoms with Crippen LogP contribution in [0, 0.1) is 0 Å². The van der Waals surface area contributed by atoms with Crippen LogP contribution >= 0.6 is 15.9 Å². The molecular weight excluding hydrogens is 250 g/mol. The Hall–Kier alpha value is -1.12. The third-order valence-corrected chi connectivity index (χ3v) is 2.84. The second kappa shape index (κ2) is 4.60. The molecule has 0 saturated heterocycles. The van der Waals surface area contributed by atoms with Gasteiger partial charge in [0.2, 0.25) is 0 Å². The Bertz CT molecular complexity index is 426. The van der Waals surface area contributed by atoms with Crippen LogP contribution in [0.4, 0.5) is 0 Å².